The minimum atomic E-state index is -0.529. The molecule has 0 aliphatic rings. The summed E-state index contributed by atoms with van der Waals surface area (Å²) in [6, 6.07) is 0. The first-order chi connectivity index (χ1) is 6.99. The molecule has 0 N–H and O–H groups in total. The van der Waals surface area contributed by atoms with Crippen LogP contribution < -0.4 is 0 Å². The second kappa shape index (κ2) is 7.17. The van der Waals surface area contributed by atoms with Gasteiger partial charge in [0.2, 0.25) is 0 Å². The largest absolute Gasteiger partial charge is 0.458 e. The number of ketones is 1. The number of hydrogen-bond donors (Lipinski definition) is 0. The maximum atomic E-state index is 11.3. The van der Waals surface area contributed by atoms with E-state index in [2.05, 4.69) is 6.58 Å². The Bertz CT molecular complexity index is 235. The lowest BCUT2D eigenvalue weighted by Crippen LogP contribution is -2.21. The number of Topliss-reactive ketones (excluding diaryl/α,β-unsaturated/α-hetero) is 1. The smallest absolute Gasteiger partial charge is 0.309 e. The number of carbonyl (C=O) groups excluding carboxylic acids is 2. The number of hydrogen-bond acceptors (Lipinski definition) is 4. The quantitative estimate of drug-likeness (QED) is 0.476. The van der Waals surface area contributed by atoms with Crippen molar-refractivity contribution in [1.29, 1.82) is 0 Å². The Morgan fingerprint density at radius 2 is 2.00 bits per heavy atom. The molecule has 0 aliphatic carbocycles. The molecule has 0 fully saturated rings. The molecule has 2 unspecified atom stereocenters. The molecule has 0 bridgehead atoms. The van der Waals surface area contributed by atoms with Crippen molar-refractivity contribution in [2.75, 3.05) is 7.11 Å². The topological polar surface area (TPSA) is 52.6 Å². The van der Waals surface area contributed by atoms with Crippen LogP contribution in [-0.2, 0) is 19.1 Å². The summed E-state index contributed by atoms with van der Waals surface area (Å²) in [7, 11) is 1.53. The Morgan fingerprint density at radius 1 is 1.40 bits per heavy atom. The Hall–Kier alpha value is -1.16. The Morgan fingerprint density at radius 3 is 2.40 bits per heavy atom. The van der Waals surface area contributed by atoms with E-state index in [4.69, 9.17) is 9.47 Å². The summed E-state index contributed by atoms with van der Waals surface area (Å²) < 4.78 is 9.95. The fraction of sp³-hybridized carbons (Fsp3) is 0.636. The molecule has 0 aromatic carbocycles. The van der Waals surface area contributed by atoms with Gasteiger partial charge < -0.3 is 9.47 Å². The van der Waals surface area contributed by atoms with Gasteiger partial charge in [-0.3, -0.25) is 9.59 Å². The average molecular weight is 214 g/mol. The molecule has 0 aliphatic heterocycles. The highest BCUT2D eigenvalue weighted by Gasteiger charge is 2.15. The Balaban J connectivity index is 4.01. The molecule has 0 saturated carbocycles. The maximum absolute atomic E-state index is 11.3. The molecule has 0 amide bonds. The third-order valence-corrected chi connectivity index (χ3v) is 1.89. The fourth-order valence-electron chi connectivity index (χ4n) is 0.991. The normalized spacial score (nSPS) is 14.1. The van der Waals surface area contributed by atoms with Crippen molar-refractivity contribution in [3.8, 4) is 0 Å². The van der Waals surface area contributed by atoms with Crippen LogP contribution in [0.15, 0.2) is 12.7 Å². The van der Waals surface area contributed by atoms with Gasteiger partial charge in [-0.25, -0.2) is 0 Å². The molecular weight excluding hydrogens is 196 g/mol. The summed E-state index contributed by atoms with van der Waals surface area (Å²) in [5.41, 5.74) is 0. The van der Waals surface area contributed by atoms with Crippen molar-refractivity contribution in [1.82, 2.24) is 0 Å². The van der Waals surface area contributed by atoms with E-state index in [1.165, 1.54) is 20.1 Å². The number of rotatable bonds is 7. The maximum Gasteiger partial charge on any atom is 0.309 e. The van der Waals surface area contributed by atoms with Crippen LogP contribution in [0.1, 0.15) is 26.7 Å². The fourth-order valence-corrected chi connectivity index (χ4v) is 0.991. The van der Waals surface area contributed by atoms with Crippen molar-refractivity contribution in [2.24, 2.45) is 0 Å². The standard InChI is InChI=1S/C11H18O4/c1-5-10(6-8(2)12)15-11(13)7-9(3)14-4/h5,9-10H,1,6-7H2,2-4H3. The second-order valence-electron chi connectivity index (χ2n) is 3.42. The van der Waals surface area contributed by atoms with Crippen LogP contribution in [-0.4, -0.2) is 31.1 Å². The van der Waals surface area contributed by atoms with Gasteiger partial charge in [-0.2, -0.15) is 0 Å². The van der Waals surface area contributed by atoms with Crippen molar-refractivity contribution < 1.29 is 19.1 Å². The lowest BCUT2D eigenvalue weighted by Gasteiger charge is -2.14. The monoisotopic (exact) mass is 214 g/mol. The van der Waals surface area contributed by atoms with Crippen LogP contribution in [0.5, 0.6) is 0 Å². The Labute approximate surface area is 90.2 Å². The molecule has 0 rings (SSSR count). The van der Waals surface area contributed by atoms with Crippen molar-refractivity contribution in [3.05, 3.63) is 12.7 Å². The van der Waals surface area contributed by atoms with Gasteiger partial charge in [0.05, 0.1) is 12.5 Å². The van der Waals surface area contributed by atoms with E-state index < -0.39 is 6.10 Å². The van der Waals surface area contributed by atoms with E-state index in [1.54, 1.807) is 6.92 Å². The van der Waals surface area contributed by atoms with Crippen LogP contribution in [0.4, 0.5) is 0 Å². The van der Waals surface area contributed by atoms with E-state index in [1.807, 2.05) is 0 Å². The third-order valence-electron chi connectivity index (χ3n) is 1.89. The molecule has 4 nitrogen and oxygen atoms in total. The van der Waals surface area contributed by atoms with Gasteiger partial charge in [0.25, 0.3) is 0 Å². The minimum absolute atomic E-state index is 0.0347. The van der Waals surface area contributed by atoms with Crippen LogP contribution >= 0.6 is 0 Å². The van der Waals surface area contributed by atoms with Crippen molar-refractivity contribution >= 4 is 11.8 Å². The van der Waals surface area contributed by atoms with Crippen molar-refractivity contribution in [3.63, 3.8) is 0 Å². The molecule has 4 heteroatoms. The average Bonchev–Trinajstić information content (AvgIpc) is 2.15. The lowest BCUT2D eigenvalue weighted by atomic mass is 10.2. The van der Waals surface area contributed by atoms with E-state index >= 15 is 0 Å². The summed E-state index contributed by atoms with van der Waals surface area (Å²) in [4.78, 5) is 22.1. The van der Waals surface area contributed by atoms with Gasteiger partial charge in [-0.05, 0) is 13.8 Å². The summed E-state index contributed by atoms with van der Waals surface area (Å²) in [6.45, 7) is 6.73. The van der Waals surface area contributed by atoms with E-state index in [0.717, 1.165) is 0 Å². The zero-order valence-corrected chi connectivity index (χ0v) is 9.49. The summed E-state index contributed by atoms with van der Waals surface area (Å²) in [6.07, 6.45) is 1.10. The van der Waals surface area contributed by atoms with Crippen LogP contribution in [0.3, 0.4) is 0 Å². The minimum Gasteiger partial charge on any atom is -0.458 e. The lowest BCUT2D eigenvalue weighted by molar-refractivity contribution is -0.150. The van der Waals surface area contributed by atoms with E-state index in [-0.39, 0.29) is 30.7 Å². The molecule has 15 heavy (non-hydrogen) atoms. The van der Waals surface area contributed by atoms with E-state index in [0.29, 0.717) is 0 Å². The van der Waals surface area contributed by atoms with Crippen LogP contribution in [0.25, 0.3) is 0 Å². The molecule has 2 atom stereocenters. The summed E-state index contributed by atoms with van der Waals surface area (Å²) in [5.74, 6) is -0.414. The number of ether oxygens (including phenoxy) is 2. The number of carbonyl (C=O) groups is 2. The molecule has 86 valence electrons. The molecule has 0 spiro atoms. The predicted octanol–water partition coefficient (Wildman–Crippen LogP) is 1.49. The molecule has 0 saturated heterocycles. The summed E-state index contributed by atoms with van der Waals surface area (Å²) >= 11 is 0. The second-order valence-corrected chi connectivity index (χ2v) is 3.42. The molecule has 0 heterocycles. The Kier molecular flexibility index (Phi) is 6.62. The van der Waals surface area contributed by atoms with Gasteiger partial charge in [-0.15, -0.1) is 0 Å². The van der Waals surface area contributed by atoms with Crippen molar-refractivity contribution in [2.45, 2.75) is 38.9 Å². The zero-order chi connectivity index (χ0) is 11.8. The van der Waals surface area contributed by atoms with Gasteiger partial charge in [0, 0.05) is 13.5 Å². The molecule has 0 aromatic rings. The predicted molar refractivity (Wildman–Crippen MR) is 56.5 cm³/mol. The third kappa shape index (κ3) is 6.85. The highest BCUT2D eigenvalue weighted by molar-refractivity contribution is 5.77. The first-order valence-electron chi connectivity index (χ1n) is 4.83. The number of esters is 1. The van der Waals surface area contributed by atoms with Gasteiger partial charge >= 0.3 is 5.97 Å². The first kappa shape index (κ1) is 13.8. The van der Waals surface area contributed by atoms with Crippen LogP contribution in [0.2, 0.25) is 0 Å². The zero-order valence-electron chi connectivity index (χ0n) is 9.49. The highest BCUT2D eigenvalue weighted by atomic mass is 16.5. The molecular formula is C11H18O4. The number of methoxy groups -OCH3 is 1. The van der Waals surface area contributed by atoms with E-state index in [9.17, 15) is 9.59 Å². The SMILES string of the molecule is C=CC(CC(C)=O)OC(=O)CC(C)OC. The summed E-state index contributed by atoms with van der Waals surface area (Å²) in [5, 5.41) is 0. The first-order valence-corrected chi connectivity index (χ1v) is 4.83. The van der Waals surface area contributed by atoms with Gasteiger partial charge in [-0.1, -0.05) is 12.7 Å². The van der Waals surface area contributed by atoms with Crippen LogP contribution in [0, 0.1) is 0 Å². The molecule has 0 radical (unpaired) electrons. The van der Waals surface area contributed by atoms with Gasteiger partial charge in [0.15, 0.2) is 0 Å². The molecule has 0 aromatic heterocycles. The van der Waals surface area contributed by atoms with Gasteiger partial charge in [0.1, 0.15) is 11.9 Å². The highest BCUT2D eigenvalue weighted by Crippen LogP contribution is 2.05.